The normalized spacial score (nSPS) is 26.8. The van der Waals surface area contributed by atoms with E-state index in [1.165, 1.54) is 30.4 Å². The molecule has 1 unspecified atom stereocenters. The fourth-order valence-electron chi connectivity index (χ4n) is 3.76. The summed E-state index contributed by atoms with van der Waals surface area (Å²) in [6, 6.07) is 6.24. The molecule has 1 saturated carbocycles. The van der Waals surface area contributed by atoms with Gasteiger partial charge in [0, 0.05) is 10.4 Å². The second kappa shape index (κ2) is 4.29. The van der Waals surface area contributed by atoms with Crippen LogP contribution < -0.4 is 0 Å². The second-order valence-corrected chi connectivity index (χ2v) is 6.01. The van der Waals surface area contributed by atoms with E-state index in [1.54, 1.807) is 0 Å². The molecule has 2 heteroatoms. The molecule has 1 aromatic rings. The van der Waals surface area contributed by atoms with Gasteiger partial charge in [-0.3, -0.25) is 0 Å². The fraction of sp³-hybridized carbons (Fsp3) is 0.600. The van der Waals surface area contributed by atoms with Gasteiger partial charge in [-0.15, -0.1) is 0 Å². The van der Waals surface area contributed by atoms with Gasteiger partial charge in [-0.1, -0.05) is 36.9 Å². The van der Waals surface area contributed by atoms with E-state index in [1.807, 2.05) is 6.07 Å². The Labute approximate surface area is 108 Å². The van der Waals surface area contributed by atoms with Crippen LogP contribution in [0.3, 0.4) is 0 Å². The highest BCUT2D eigenvalue weighted by Gasteiger charge is 2.43. The quantitative estimate of drug-likeness (QED) is 0.742. The first-order valence-corrected chi connectivity index (χ1v) is 7.07. The third kappa shape index (κ3) is 1.80. The van der Waals surface area contributed by atoms with Gasteiger partial charge in [0.15, 0.2) is 0 Å². The van der Waals surface area contributed by atoms with E-state index in [4.69, 9.17) is 11.6 Å². The molecular weight excluding hydrogens is 232 g/mol. The SMILES string of the molecule is OC1CCc2ccc(Cl)cc2C12CCCCC2. The lowest BCUT2D eigenvalue weighted by molar-refractivity contribution is 0.0390. The number of rotatable bonds is 0. The second-order valence-electron chi connectivity index (χ2n) is 5.57. The van der Waals surface area contributed by atoms with Crippen LogP contribution in [0, 0.1) is 0 Å². The molecule has 0 radical (unpaired) electrons. The van der Waals surface area contributed by atoms with E-state index in [2.05, 4.69) is 12.1 Å². The van der Waals surface area contributed by atoms with E-state index >= 15 is 0 Å². The Morgan fingerprint density at radius 1 is 1.18 bits per heavy atom. The number of benzene rings is 1. The molecule has 1 atom stereocenters. The lowest BCUT2D eigenvalue weighted by Crippen LogP contribution is -2.45. The number of aliphatic hydroxyl groups is 1. The topological polar surface area (TPSA) is 20.2 Å². The number of hydrogen-bond acceptors (Lipinski definition) is 1. The summed E-state index contributed by atoms with van der Waals surface area (Å²) in [5.41, 5.74) is 2.75. The van der Waals surface area contributed by atoms with Crippen LogP contribution in [-0.4, -0.2) is 11.2 Å². The molecule has 2 aliphatic rings. The molecule has 2 aliphatic carbocycles. The van der Waals surface area contributed by atoms with E-state index in [0.29, 0.717) is 0 Å². The Bertz CT molecular complexity index is 421. The summed E-state index contributed by atoms with van der Waals surface area (Å²) < 4.78 is 0. The Balaban J connectivity index is 2.11. The zero-order chi connectivity index (χ0) is 11.9. The van der Waals surface area contributed by atoms with Crippen molar-refractivity contribution >= 4 is 11.6 Å². The molecule has 1 N–H and O–H groups in total. The minimum Gasteiger partial charge on any atom is -0.392 e. The summed E-state index contributed by atoms with van der Waals surface area (Å²) in [6.45, 7) is 0. The average molecular weight is 251 g/mol. The highest BCUT2D eigenvalue weighted by Crippen LogP contribution is 2.48. The molecule has 1 fully saturated rings. The van der Waals surface area contributed by atoms with Gasteiger partial charge < -0.3 is 5.11 Å². The van der Waals surface area contributed by atoms with Crippen molar-refractivity contribution < 1.29 is 5.11 Å². The number of halogens is 1. The van der Waals surface area contributed by atoms with Crippen molar-refractivity contribution in [2.24, 2.45) is 0 Å². The molecule has 1 spiro atoms. The lowest BCUT2D eigenvalue weighted by Gasteiger charge is -2.46. The van der Waals surface area contributed by atoms with Gasteiger partial charge in [0.25, 0.3) is 0 Å². The predicted molar refractivity (Wildman–Crippen MR) is 70.5 cm³/mol. The van der Waals surface area contributed by atoms with Crippen LogP contribution in [0.4, 0.5) is 0 Å². The Kier molecular flexibility index (Phi) is 2.92. The van der Waals surface area contributed by atoms with Gasteiger partial charge in [-0.25, -0.2) is 0 Å². The van der Waals surface area contributed by atoms with Crippen LogP contribution >= 0.6 is 11.6 Å². The van der Waals surface area contributed by atoms with Gasteiger partial charge in [0.1, 0.15) is 0 Å². The number of aliphatic hydroxyl groups excluding tert-OH is 1. The monoisotopic (exact) mass is 250 g/mol. The van der Waals surface area contributed by atoms with Gasteiger partial charge in [0.05, 0.1) is 6.10 Å². The molecule has 0 aromatic heterocycles. The zero-order valence-corrected chi connectivity index (χ0v) is 10.8. The standard InChI is InChI=1S/C15H19ClO/c16-12-6-4-11-5-7-14(17)15(13(11)10-12)8-2-1-3-9-15/h4,6,10,14,17H,1-3,5,7-9H2. The summed E-state index contributed by atoms with van der Waals surface area (Å²) >= 11 is 6.15. The Hall–Kier alpha value is -0.530. The summed E-state index contributed by atoms with van der Waals surface area (Å²) in [4.78, 5) is 0. The van der Waals surface area contributed by atoms with E-state index in [0.717, 1.165) is 30.7 Å². The molecular formula is C15H19ClO. The van der Waals surface area contributed by atoms with Crippen molar-refractivity contribution in [1.82, 2.24) is 0 Å². The van der Waals surface area contributed by atoms with Crippen LogP contribution in [0.25, 0.3) is 0 Å². The van der Waals surface area contributed by atoms with Crippen LogP contribution in [-0.2, 0) is 11.8 Å². The summed E-state index contributed by atoms with van der Waals surface area (Å²) in [7, 11) is 0. The maximum Gasteiger partial charge on any atom is 0.0640 e. The highest BCUT2D eigenvalue weighted by atomic mass is 35.5. The predicted octanol–water partition coefficient (Wildman–Crippen LogP) is 3.85. The molecule has 0 bridgehead atoms. The van der Waals surface area contributed by atoms with Crippen molar-refractivity contribution in [2.45, 2.75) is 56.5 Å². The molecule has 0 aliphatic heterocycles. The maximum absolute atomic E-state index is 10.5. The van der Waals surface area contributed by atoms with Crippen LogP contribution in [0.2, 0.25) is 5.02 Å². The summed E-state index contributed by atoms with van der Waals surface area (Å²) in [5, 5.41) is 11.3. The molecule has 0 heterocycles. The zero-order valence-electron chi connectivity index (χ0n) is 10.1. The molecule has 17 heavy (non-hydrogen) atoms. The van der Waals surface area contributed by atoms with Crippen molar-refractivity contribution in [3.05, 3.63) is 34.3 Å². The minimum atomic E-state index is -0.172. The van der Waals surface area contributed by atoms with E-state index in [-0.39, 0.29) is 11.5 Å². The van der Waals surface area contributed by atoms with E-state index < -0.39 is 0 Å². The molecule has 0 amide bonds. The third-order valence-electron chi connectivity index (χ3n) is 4.68. The van der Waals surface area contributed by atoms with Gasteiger partial charge in [-0.2, -0.15) is 0 Å². The van der Waals surface area contributed by atoms with Crippen molar-refractivity contribution in [2.75, 3.05) is 0 Å². The smallest absolute Gasteiger partial charge is 0.0640 e. The van der Waals surface area contributed by atoms with Crippen LogP contribution in [0.1, 0.15) is 49.7 Å². The van der Waals surface area contributed by atoms with Crippen molar-refractivity contribution in [1.29, 1.82) is 0 Å². The molecule has 0 saturated heterocycles. The van der Waals surface area contributed by atoms with Gasteiger partial charge >= 0.3 is 0 Å². The molecule has 3 rings (SSSR count). The van der Waals surface area contributed by atoms with E-state index in [9.17, 15) is 5.11 Å². The van der Waals surface area contributed by atoms with Crippen LogP contribution in [0.5, 0.6) is 0 Å². The van der Waals surface area contributed by atoms with Gasteiger partial charge in [0.2, 0.25) is 0 Å². The first-order chi connectivity index (χ1) is 8.22. The van der Waals surface area contributed by atoms with Gasteiger partial charge in [-0.05, 0) is 48.9 Å². The summed E-state index contributed by atoms with van der Waals surface area (Å²) in [5.74, 6) is 0. The lowest BCUT2D eigenvalue weighted by atomic mass is 9.61. The molecule has 1 aromatic carbocycles. The minimum absolute atomic E-state index is 0.0106. The third-order valence-corrected chi connectivity index (χ3v) is 4.91. The first-order valence-electron chi connectivity index (χ1n) is 6.69. The number of hydrogen-bond donors (Lipinski definition) is 1. The average Bonchev–Trinajstić information content (AvgIpc) is 2.36. The Morgan fingerprint density at radius 3 is 2.71 bits per heavy atom. The number of fused-ring (bicyclic) bond motifs is 2. The molecule has 1 nitrogen and oxygen atoms in total. The highest BCUT2D eigenvalue weighted by molar-refractivity contribution is 6.30. The fourth-order valence-corrected chi connectivity index (χ4v) is 3.94. The van der Waals surface area contributed by atoms with Crippen LogP contribution in [0.15, 0.2) is 18.2 Å². The summed E-state index contributed by atoms with van der Waals surface area (Å²) in [6.07, 6.45) is 7.78. The first kappa shape index (κ1) is 11.6. The van der Waals surface area contributed by atoms with Crippen molar-refractivity contribution in [3.63, 3.8) is 0 Å². The largest absolute Gasteiger partial charge is 0.392 e. The molecule has 92 valence electrons. The maximum atomic E-state index is 10.5. The van der Waals surface area contributed by atoms with Crippen molar-refractivity contribution in [3.8, 4) is 0 Å². The Morgan fingerprint density at radius 2 is 1.94 bits per heavy atom. The number of aryl methyl sites for hydroxylation is 1.